The second kappa shape index (κ2) is 5.24. The topological polar surface area (TPSA) is 38.7 Å². The molecule has 0 unspecified atom stereocenters. The third kappa shape index (κ3) is 2.72. The van der Waals surface area contributed by atoms with Gasteiger partial charge in [0.25, 0.3) is 0 Å². The van der Waals surface area contributed by atoms with Crippen LogP contribution in [-0.2, 0) is 0 Å². The van der Waals surface area contributed by atoms with Crippen molar-refractivity contribution in [2.75, 3.05) is 0 Å². The zero-order valence-corrected chi connectivity index (χ0v) is 13.7. The number of hydrogen-bond acceptors (Lipinski definition) is 3. The van der Waals surface area contributed by atoms with Crippen LogP contribution in [0.25, 0.3) is 11.5 Å². The van der Waals surface area contributed by atoms with Crippen molar-refractivity contribution < 1.29 is 0 Å². The van der Waals surface area contributed by atoms with Gasteiger partial charge < -0.3 is 0 Å². The van der Waals surface area contributed by atoms with E-state index in [-0.39, 0.29) is 0 Å². The van der Waals surface area contributed by atoms with Gasteiger partial charge in [0.1, 0.15) is 10.8 Å². The second-order valence-electron chi connectivity index (χ2n) is 2.82. The fourth-order valence-electron chi connectivity index (χ4n) is 1.04. The maximum atomic E-state index is 5.94. The maximum absolute atomic E-state index is 5.94. The molecular weight excluding hydrogens is 472 g/mol. The number of nitrogens with zero attached hydrogens (tertiary/aromatic N) is 3. The summed E-state index contributed by atoms with van der Waals surface area (Å²) >= 11 is 14.8. The molecule has 0 bridgehead atoms. The van der Waals surface area contributed by atoms with E-state index < -0.39 is 0 Å². The molecule has 16 heavy (non-hydrogen) atoms. The van der Waals surface area contributed by atoms with E-state index in [9.17, 15) is 0 Å². The van der Waals surface area contributed by atoms with Crippen LogP contribution in [0.2, 0.25) is 5.15 Å². The van der Waals surface area contributed by atoms with E-state index in [2.05, 4.69) is 69.4 Å². The minimum atomic E-state index is 0.433. The van der Waals surface area contributed by atoms with Gasteiger partial charge in [-0.25, -0.2) is 9.97 Å². The highest BCUT2D eigenvalue weighted by atomic mass is 127. The molecule has 0 aliphatic rings. The smallest absolute Gasteiger partial charge is 0.180 e. The highest BCUT2D eigenvalue weighted by Gasteiger charge is 2.10. The van der Waals surface area contributed by atoms with Gasteiger partial charge in [-0.15, -0.1) is 0 Å². The summed E-state index contributed by atoms with van der Waals surface area (Å²) in [6, 6.07) is 1.89. The van der Waals surface area contributed by atoms with Gasteiger partial charge in [-0.05, 0) is 60.5 Å². The molecule has 0 N–H and O–H groups in total. The van der Waals surface area contributed by atoms with Crippen molar-refractivity contribution in [1.29, 1.82) is 0 Å². The number of rotatable bonds is 1. The van der Waals surface area contributed by atoms with Gasteiger partial charge in [0.15, 0.2) is 5.82 Å². The molecule has 2 aromatic rings. The monoisotopic (exact) mass is 473 g/mol. The van der Waals surface area contributed by atoms with Gasteiger partial charge in [0.2, 0.25) is 0 Å². The molecule has 0 atom stereocenters. The van der Waals surface area contributed by atoms with E-state index in [0.29, 0.717) is 16.7 Å². The minimum Gasteiger partial charge on any atom is -0.251 e. The van der Waals surface area contributed by atoms with E-state index in [1.165, 1.54) is 0 Å². The fraction of sp³-hybridized carbons (Fsp3) is 0. The summed E-state index contributed by atoms with van der Waals surface area (Å²) in [6.07, 6.45) is 3.36. The van der Waals surface area contributed by atoms with Crippen LogP contribution >= 0.6 is 66.1 Å². The highest BCUT2D eigenvalue weighted by molar-refractivity contribution is 14.1. The van der Waals surface area contributed by atoms with Crippen molar-refractivity contribution in [3.63, 3.8) is 0 Å². The van der Waals surface area contributed by atoms with Crippen molar-refractivity contribution in [1.82, 2.24) is 15.0 Å². The van der Waals surface area contributed by atoms with Crippen LogP contribution in [0.1, 0.15) is 0 Å². The van der Waals surface area contributed by atoms with Crippen molar-refractivity contribution in [2.24, 2.45) is 0 Å². The Morgan fingerprint density at radius 3 is 2.56 bits per heavy atom. The van der Waals surface area contributed by atoms with Crippen LogP contribution in [0.3, 0.4) is 0 Å². The molecule has 2 aromatic heterocycles. The average molecular weight is 475 g/mol. The van der Waals surface area contributed by atoms with E-state index in [1.54, 1.807) is 12.4 Å². The molecule has 0 spiro atoms. The van der Waals surface area contributed by atoms with Crippen LogP contribution in [-0.4, -0.2) is 15.0 Å². The molecule has 2 heterocycles. The molecule has 0 saturated carbocycles. The molecule has 7 heteroatoms. The van der Waals surface area contributed by atoms with Gasteiger partial charge in [-0.3, -0.25) is 4.98 Å². The molecule has 0 amide bonds. The van der Waals surface area contributed by atoms with E-state index in [0.717, 1.165) is 12.5 Å². The van der Waals surface area contributed by atoms with Crippen molar-refractivity contribution >= 4 is 66.1 Å². The van der Waals surface area contributed by atoms with E-state index in [1.807, 2.05) is 6.07 Å². The first kappa shape index (κ1) is 12.7. The summed E-state index contributed by atoms with van der Waals surface area (Å²) in [4.78, 5) is 12.6. The molecule has 0 aliphatic heterocycles. The summed E-state index contributed by atoms with van der Waals surface area (Å²) in [5.41, 5.74) is 0.668. The predicted molar refractivity (Wildman–Crippen MR) is 78.4 cm³/mol. The lowest BCUT2D eigenvalue weighted by molar-refractivity contribution is 1.12. The largest absolute Gasteiger partial charge is 0.251 e. The Morgan fingerprint density at radius 2 is 1.94 bits per heavy atom. The third-order valence-corrected chi connectivity index (χ3v) is 4.16. The van der Waals surface area contributed by atoms with Crippen molar-refractivity contribution in [3.05, 3.63) is 36.1 Å². The standard InChI is InChI=1S/C9H3Br2ClIN3/c10-4-1-5(11)7(14-2-4)9-15-3-6(13)8(12)16-9/h1-3H. The molecule has 0 saturated heterocycles. The fourth-order valence-corrected chi connectivity index (χ4v) is 2.59. The zero-order chi connectivity index (χ0) is 11.7. The van der Waals surface area contributed by atoms with Gasteiger partial charge in [-0.1, -0.05) is 11.6 Å². The van der Waals surface area contributed by atoms with Gasteiger partial charge in [-0.2, -0.15) is 0 Å². The molecule has 0 radical (unpaired) electrons. The van der Waals surface area contributed by atoms with E-state index in [4.69, 9.17) is 11.6 Å². The van der Waals surface area contributed by atoms with Crippen molar-refractivity contribution in [3.8, 4) is 11.5 Å². The Morgan fingerprint density at radius 1 is 1.19 bits per heavy atom. The molecule has 0 aromatic carbocycles. The molecule has 2 rings (SSSR count). The average Bonchev–Trinajstić information content (AvgIpc) is 2.22. The zero-order valence-electron chi connectivity index (χ0n) is 7.59. The maximum Gasteiger partial charge on any atom is 0.180 e. The van der Waals surface area contributed by atoms with Gasteiger partial charge in [0, 0.05) is 21.3 Å². The summed E-state index contributed by atoms with van der Waals surface area (Å²) in [6.45, 7) is 0. The molecule has 0 aliphatic carbocycles. The normalized spacial score (nSPS) is 10.5. The lowest BCUT2D eigenvalue weighted by Crippen LogP contribution is -1.94. The number of pyridine rings is 1. The quantitative estimate of drug-likeness (QED) is 0.456. The first-order valence-electron chi connectivity index (χ1n) is 4.07. The Labute approximate surface area is 127 Å². The van der Waals surface area contributed by atoms with Crippen LogP contribution < -0.4 is 0 Å². The van der Waals surface area contributed by atoms with E-state index >= 15 is 0 Å². The van der Waals surface area contributed by atoms with Gasteiger partial charge >= 0.3 is 0 Å². The Kier molecular flexibility index (Phi) is 4.15. The van der Waals surface area contributed by atoms with Crippen LogP contribution in [0.5, 0.6) is 0 Å². The van der Waals surface area contributed by atoms with Crippen LogP contribution in [0.4, 0.5) is 0 Å². The SMILES string of the molecule is Clc1nc(-c2ncc(Br)cc2Br)ncc1I. The third-order valence-electron chi connectivity index (χ3n) is 1.72. The Bertz CT molecular complexity index is 550. The minimum absolute atomic E-state index is 0.433. The number of aromatic nitrogens is 3. The summed E-state index contributed by atoms with van der Waals surface area (Å²) in [7, 11) is 0. The first-order chi connectivity index (χ1) is 7.58. The lowest BCUT2D eigenvalue weighted by atomic mass is 10.3. The van der Waals surface area contributed by atoms with Gasteiger partial charge in [0.05, 0.1) is 3.57 Å². The number of hydrogen-bond donors (Lipinski definition) is 0. The molecular formula is C9H3Br2ClIN3. The first-order valence-corrected chi connectivity index (χ1v) is 7.11. The predicted octanol–water partition coefficient (Wildman–Crippen LogP) is 4.32. The number of halogens is 4. The molecule has 82 valence electrons. The van der Waals surface area contributed by atoms with Crippen molar-refractivity contribution in [2.45, 2.75) is 0 Å². The summed E-state index contributed by atoms with van der Waals surface area (Å²) in [5, 5.41) is 0.433. The van der Waals surface area contributed by atoms with Crippen LogP contribution in [0.15, 0.2) is 27.4 Å². The Balaban J connectivity index is 2.54. The summed E-state index contributed by atoms with van der Waals surface area (Å²) < 4.78 is 2.52. The Hall–Kier alpha value is 0.210. The highest BCUT2D eigenvalue weighted by Crippen LogP contribution is 2.27. The van der Waals surface area contributed by atoms with Crippen LogP contribution in [0, 0.1) is 3.57 Å². The molecule has 0 fully saturated rings. The molecule has 3 nitrogen and oxygen atoms in total. The lowest BCUT2D eigenvalue weighted by Gasteiger charge is -2.03. The second-order valence-corrected chi connectivity index (χ2v) is 6.11. The summed E-state index contributed by atoms with van der Waals surface area (Å²) in [5.74, 6) is 0.504.